The lowest BCUT2D eigenvalue weighted by Crippen LogP contribution is -2.56. The fraction of sp³-hybridized carbons (Fsp3) is 0.261. The van der Waals surface area contributed by atoms with Gasteiger partial charge in [0.1, 0.15) is 6.04 Å². The van der Waals surface area contributed by atoms with Crippen molar-refractivity contribution < 1.29 is 14.4 Å². The van der Waals surface area contributed by atoms with Crippen LogP contribution in [-0.2, 0) is 4.79 Å². The molecule has 2 aromatic rings. The number of imide groups is 1. The Labute approximate surface area is 164 Å². The van der Waals surface area contributed by atoms with Gasteiger partial charge < -0.3 is 4.90 Å². The molecule has 5 heteroatoms. The Hall–Kier alpha value is -3.21. The van der Waals surface area contributed by atoms with E-state index in [1.165, 1.54) is 0 Å². The molecule has 1 unspecified atom stereocenters. The topological polar surface area (TPSA) is 57.7 Å². The predicted molar refractivity (Wildman–Crippen MR) is 108 cm³/mol. The second-order valence-corrected chi connectivity index (χ2v) is 7.87. The summed E-state index contributed by atoms with van der Waals surface area (Å²) in [6, 6.07) is 13.5. The summed E-state index contributed by atoms with van der Waals surface area (Å²) in [6.45, 7) is 7.56. The molecule has 3 amide bonds. The predicted octanol–water partition coefficient (Wildman–Crippen LogP) is 3.90. The molecule has 0 spiro atoms. The average Bonchev–Trinajstić information content (AvgIpc) is 2.91. The van der Waals surface area contributed by atoms with E-state index in [1.54, 1.807) is 36.1 Å². The number of anilines is 1. The van der Waals surface area contributed by atoms with Crippen LogP contribution >= 0.6 is 0 Å². The van der Waals surface area contributed by atoms with Crippen LogP contribution in [-0.4, -0.2) is 34.2 Å². The van der Waals surface area contributed by atoms with Crippen LogP contribution in [0.3, 0.4) is 0 Å². The number of fused-ring (bicyclic) bond motifs is 2. The van der Waals surface area contributed by atoms with E-state index in [0.29, 0.717) is 11.1 Å². The van der Waals surface area contributed by atoms with Crippen molar-refractivity contribution in [1.82, 2.24) is 4.90 Å². The van der Waals surface area contributed by atoms with Crippen LogP contribution in [0.2, 0.25) is 0 Å². The summed E-state index contributed by atoms with van der Waals surface area (Å²) in [6.07, 6.45) is 2.04. The van der Waals surface area contributed by atoms with Crippen LogP contribution in [0.15, 0.2) is 54.6 Å². The first kappa shape index (κ1) is 18.2. The Kier molecular flexibility index (Phi) is 4.00. The van der Waals surface area contributed by atoms with Crippen molar-refractivity contribution in [3.05, 3.63) is 71.3 Å². The maximum absolute atomic E-state index is 13.6. The van der Waals surface area contributed by atoms with Gasteiger partial charge in [-0.15, -0.1) is 0 Å². The lowest BCUT2D eigenvalue weighted by molar-refractivity contribution is -0.122. The number of carbonyl (C=O) groups is 3. The number of nitrogens with zero attached hydrogens (tertiary/aromatic N) is 2. The standard InChI is InChI=1S/C23H22N2O3/c1-14-13-23(3,4)25(19-12-8-7-9-16(14)19)20(26)15(2)24-21(27)17-10-5-6-11-18(17)22(24)28/h5-13,15H,1-4H3. The summed E-state index contributed by atoms with van der Waals surface area (Å²) in [5.41, 5.74) is 2.98. The molecule has 2 aromatic carbocycles. The highest BCUT2D eigenvalue weighted by Gasteiger charge is 2.45. The van der Waals surface area contributed by atoms with E-state index in [1.807, 2.05) is 51.1 Å². The van der Waals surface area contributed by atoms with Gasteiger partial charge in [0, 0.05) is 5.56 Å². The summed E-state index contributed by atoms with van der Waals surface area (Å²) in [5, 5.41) is 0. The molecule has 2 aliphatic rings. The summed E-state index contributed by atoms with van der Waals surface area (Å²) >= 11 is 0. The zero-order valence-corrected chi connectivity index (χ0v) is 16.4. The Balaban J connectivity index is 1.74. The van der Waals surface area contributed by atoms with Crippen molar-refractivity contribution in [3.63, 3.8) is 0 Å². The van der Waals surface area contributed by atoms with E-state index in [2.05, 4.69) is 0 Å². The summed E-state index contributed by atoms with van der Waals surface area (Å²) in [4.78, 5) is 42.0. The van der Waals surface area contributed by atoms with Gasteiger partial charge in [-0.05, 0) is 51.5 Å². The molecule has 1 atom stereocenters. The van der Waals surface area contributed by atoms with Gasteiger partial charge >= 0.3 is 0 Å². The molecule has 0 aromatic heterocycles. The fourth-order valence-corrected chi connectivity index (χ4v) is 4.24. The van der Waals surface area contributed by atoms with Crippen LogP contribution < -0.4 is 4.90 Å². The van der Waals surface area contributed by atoms with Gasteiger partial charge in [0.15, 0.2) is 0 Å². The van der Waals surface area contributed by atoms with E-state index in [-0.39, 0.29) is 5.91 Å². The van der Waals surface area contributed by atoms with Crippen molar-refractivity contribution >= 4 is 29.0 Å². The molecule has 4 rings (SSSR count). The number of carbonyl (C=O) groups excluding carboxylic acids is 3. The molecule has 0 saturated heterocycles. The molecule has 2 aliphatic heterocycles. The maximum Gasteiger partial charge on any atom is 0.262 e. The molecule has 0 N–H and O–H groups in total. The van der Waals surface area contributed by atoms with Gasteiger partial charge in [0.05, 0.1) is 22.4 Å². The largest absolute Gasteiger partial charge is 0.301 e. The minimum atomic E-state index is -0.911. The summed E-state index contributed by atoms with van der Waals surface area (Å²) in [7, 11) is 0. The molecule has 0 radical (unpaired) electrons. The Morgan fingerprint density at radius 3 is 1.96 bits per heavy atom. The normalized spacial score (nSPS) is 18.5. The number of para-hydroxylation sites is 1. The minimum absolute atomic E-state index is 0.282. The SMILES string of the molecule is CC1=CC(C)(C)N(C(=O)C(C)N2C(=O)c3ccccc3C2=O)c2ccccc21. The lowest BCUT2D eigenvalue weighted by atomic mass is 9.88. The molecule has 0 fully saturated rings. The first-order valence-corrected chi connectivity index (χ1v) is 9.34. The van der Waals surface area contributed by atoms with Crippen LogP contribution in [0.4, 0.5) is 5.69 Å². The third-order valence-corrected chi connectivity index (χ3v) is 5.51. The summed E-state index contributed by atoms with van der Waals surface area (Å²) in [5.74, 6) is -1.12. The highest BCUT2D eigenvalue weighted by atomic mass is 16.2. The molecular formula is C23H22N2O3. The number of allylic oxidation sites excluding steroid dienone is 1. The van der Waals surface area contributed by atoms with Crippen LogP contribution in [0.1, 0.15) is 54.0 Å². The molecule has 0 aliphatic carbocycles. The van der Waals surface area contributed by atoms with Gasteiger partial charge in [-0.1, -0.05) is 36.4 Å². The van der Waals surface area contributed by atoms with Crippen molar-refractivity contribution in [2.45, 2.75) is 39.3 Å². The Morgan fingerprint density at radius 2 is 1.39 bits per heavy atom. The molecular weight excluding hydrogens is 352 g/mol. The van der Waals surface area contributed by atoms with Crippen molar-refractivity contribution in [1.29, 1.82) is 0 Å². The zero-order valence-electron chi connectivity index (χ0n) is 16.4. The second-order valence-electron chi connectivity index (χ2n) is 7.87. The zero-order chi connectivity index (χ0) is 20.2. The molecule has 5 nitrogen and oxygen atoms in total. The monoisotopic (exact) mass is 374 g/mol. The lowest BCUT2D eigenvalue weighted by Gasteiger charge is -2.43. The Bertz CT molecular complexity index is 1020. The molecule has 0 bridgehead atoms. The van der Waals surface area contributed by atoms with Gasteiger partial charge in [0.2, 0.25) is 0 Å². The highest BCUT2D eigenvalue weighted by Crippen LogP contribution is 2.39. The molecule has 28 heavy (non-hydrogen) atoms. The summed E-state index contributed by atoms with van der Waals surface area (Å²) < 4.78 is 0. The quantitative estimate of drug-likeness (QED) is 0.749. The smallest absolute Gasteiger partial charge is 0.262 e. The second kappa shape index (κ2) is 6.16. The molecule has 0 saturated carbocycles. The Morgan fingerprint density at radius 1 is 0.893 bits per heavy atom. The van der Waals surface area contributed by atoms with Gasteiger partial charge in [-0.2, -0.15) is 0 Å². The van der Waals surface area contributed by atoms with Crippen molar-refractivity contribution in [2.75, 3.05) is 4.90 Å². The number of rotatable bonds is 2. The maximum atomic E-state index is 13.6. The van der Waals surface area contributed by atoms with E-state index in [0.717, 1.165) is 21.7 Å². The van der Waals surface area contributed by atoms with E-state index in [9.17, 15) is 14.4 Å². The van der Waals surface area contributed by atoms with Crippen LogP contribution in [0.25, 0.3) is 5.57 Å². The number of hydrogen-bond donors (Lipinski definition) is 0. The van der Waals surface area contributed by atoms with E-state index < -0.39 is 23.4 Å². The number of benzene rings is 2. The minimum Gasteiger partial charge on any atom is -0.301 e. The molecule has 142 valence electrons. The van der Waals surface area contributed by atoms with E-state index in [4.69, 9.17) is 0 Å². The van der Waals surface area contributed by atoms with E-state index >= 15 is 0 Å². The van der Waals surface area contributed by atoms with Crippen molar-refractivity contribution in [2.24, 2.45) is 0 Å². The first-order valence-electron chi connectivity index (χ1n) is 9.34. The third kappa shape index (κ3) is 2.50. The number of amides is 3. The third-order valence-electron chi connectivity index (χ3n) is 5.51. The number of hydrogen-bond acceptors (Lipinski definition) is 3. The van der Waals surface area contributed by atoms with Crippen LogP contribution in [0, 0.1) is 0 Å². The average molecular weight is 374 g/mol. The van der Waals surface area contributed by atoms with Gasteiger partial charge in [-0.25, -0.2) is 0 Å². The fourth-order valence-electron chi connectivity index (χ4n) is 4.24. The van der Waals surface area contributed by atoms with Crippen molar-refractivity contribution in [3.8, 4) is 0 Å². The van der Waals surface area contributed by atoms with Crippen LogP contribution in [0.5, 0.6) is 0 Å². The van der Waals surface area contributed by atoms with Gasteiger partial charge in [-0.3, -0.25) is 19.3 Å². The molecule has 2 heterocycles. The first-order chi connectivity index (χ1) is 13.2. The van der Waals surface area contributed by atoms with Gasteiger partial charge in [0.25, 0.3) is 17.7 Å². The highest BCUT2D eigenvalue weighted by molar-refractivity contribution is 6.23.